The van der Waals surface area contributed by atoms with Crippen LogP contribution in [0.1, 0.15) is 12.0 Å². The molecule has 7 nitrogen and oxygen atoms in total. The van der Waals surface area contributed by atoms with E-state index in [0.717, 1.165) is 5.56 Å². The van der Waals surface area contributed by atoms with Crippen LogP contribution in [0.3, 0.4) is 0 Å². The molecule has 0 spiro atoms. The van der Waals surface area contributed by atoms with Crippen LogP contribution in [0, 0.1) is 11.7 Å². The van der Waals surface area contributed by atoms with Gasteiger partial charge in [-0.1, -0.05) is 48.0 Å². The van der Waals surface area contributed by atoms with E-state index in [4.69, 9.17) is 16.3 Å². The molecule has 0 radical (unpaired) electrons. The Morgan fingerprint density at radius 2 is 1.92 bits per heavy atom. The molecule has 10 heteroatoms. The van der Waals surface area contributed by atoms with Crippen LogP contribution in [0.2, 0.25) is 5.02 Å². The monoisotopic (exact) mass is 539 g/mol. The van der Waals surface area contributed by atoms with Crippen molar-refractivity contribution in [2.75, 3.05) is 19.1 Å². The predicted molar refractivity (Wildman–Crippen MR) is 142 cm³/mol. The number of hydrogen-bond donors (Lipinski definition) is 1. The van der Waals surface area contributed by atoms with Crippen molar-refractivity contribution in [2.24, 2.45) is 5.92 Å². The van der Waals surface area contributed by atoms with E-state index in [1.807, 2.05) is 30.3 Å². The number of nitrogens with zero attached hydrogens (tertiary/aromatic N) is 3. The third-order valence-corrected chi connectivity index (χ3v) is 6.93. The minimum Gasteiger partial charge on any atom is -0.481 e. The Labute approximate surface area is 222 Å². The molecular weight excluding hydrogens is 517 g/mol. The minimum absolute atomic E-state index is 0.109. The maximum absolute atomic E-state index is 14.4. The largest absolute Gasteiger partial charge is 0.481 e. The highest BCUT2D eigenvalue weighted by Crippen LogP contribution is 2.37. The van der Waals surface area contributed by atoms with E-state index < -0.39 is 17.7 Å². The molecule has 2 aromatic heterocycles. The fraction of sp³-hybridized carbons (Fsp3) is 0.185. The van der Waals surface area contributed by atoms with E-state index in [-0.39, 0.29) is 18.2 Å². The summed E-state index contributed by atoms with van der Waals surface area (Å²) in [5.41, 5.74) is 3.20. The summed E-state index contributed by atoms with van der Waals surface area (Å²) in [6, 6.07) is 15.7. The lowest BCUT2D eigenvalue weighted by molar-refractivity contribution is -0.140. The number of methoxy groups -OCH3 is 1. The van der Waals surface area contributed by atoms with Crippen LogP contribution in [0.25, 0.3) is 22.4 Å². The van der Waals surface area contributed by atoms with Crippen LogP contribution in [-0.4, -0.2) is 41.1 Å². The topological polar surface area (TPSA) is 92.6 Å². The maximum atomic E-state index is 14.4. The summed E-state index contributed by atoms with van der Waals surface area (Å²) in [7, 11) is 2.92. The number of rotatable bonds is 9. The number of pyridine rings is 1. The number of benzene rings is 2. The lowest BCUT2D eigenvalue weighted by Gasteiger charge is -2.21. The highest BCUT2D eigenvalue weighted by atomic mass is 35.5. The lowest BCUT2D eigenvalue weighted by Crippen LogP contribution is -2.35. The zero-order chi connectivity index (χ0) is 26.5. The van der Waals surface area contributed by atoms with Crippen molar-refractivity contribution in [1.29, 1.82) is 0 Å². The van der Waals surface area contributed by atoms with Crippen LogP contribution in [-0.2, 0) is 16.0 Å². The molecule has 4 aromatic rings. The average molecular weight is 540 g/mol. The molecule has 0 aliphatic heterocycles. The van der Waals surface area contributed by atoms with Crippen LogP contribution in [0.4, 0.5) is 9.52 Å². The van der Waals surface area contributed by atoms with Crippen molar-refractivity contribution in [3.8, 4) is 28.3 Å². The van der Waals surface area contributed by atoms with Gasteiger partial charge in [0.05, 0.1) is 25.1 Å². The number of hydrogen-bond acceptors (Lipinski definition) is 6. The van der Waals surface area contributed by atoms with Gasteiger partial charge in [0.1, 0.15) is 0 Å². The summed E-state index contributed by atoms with van der Waals surface area (Å²) >= 11 is 7.50. The van der Waals surface area contributed by atoms with Gasteiger partial charge in [-0.15, -0.1) is 11.3 Å². The number of halogens is 2. The first kappa shape index (κ1) is 26.2. The zero-order valence-electron chi connectivity index (χ0n) is 20.0. The van der Waals surface area contributed by atoms with E-state index in [1.165, 1.54) is 35.6 Å². The molecule has 2 aromatic carbocycles. The Bertz CT molecular complexity index is 1430. The molecule has 190 valence electrons. The lowest BCUT2D eigenvalue weighted by atomic mass is 9.95. The third kappa shape index (κ3) is 6.12. The minimum atomic E-state index is -1.05. The molecule has 0 saturated carbocycles. The molecular formula is C27H23ClFN3O4S. The molecule has 0 fully saturated rings. The molecule has 37 heavy (non-hydrogen) atoms. The number of carboxylic acids is 1. The van der Waals surface area contributed by atoms with Gasteiger partial charge in [0, 0.05) is 34.8 Å². The summed E-state index contributed by atoms with van der Waals surface area (Å²) in [5, 5.41) is 12.0. The van der Waals surface area contributed by atoms with Crippen molar-refractivity contribution in [3.05, 3.63) is 82.6 Å². The second-order valence-electron chi connectivity index (χ2n) is 8.30. The molecule has 0 unspecified atom stereocenters. The van der Waals surface area contributed by atoms with Gasteiger partial charge in [-0.2, -0.15) is 0 Å². The van der Waals surface area contributed by atoms with E-state index >= 15 is 0 Å². The number of carbonyl (C=O) groups is 2. The predicted octanol–water partition coefficient (Wildman–Crippen LogP) is 5.97. The number of ether oxygens (including phenoxy) is 1. The van der Waals surface area contributed by atoms with E-state index in [2.05, 4.69) is 9.97 Å². The number of carbonyl (C=O) groups excluding carboxylic acids is 1. The van der Waals surface area contributed by atoms with Crippen LogP contribution >= 0.6 is 22.9 Å². The van der Waals surface area contributed by atoms with E-state index in [9.17, 15) is 19.1 Å². The Morgan fingerprint density at radius 3 is 2.59 bits per heavy atom. The van der Waals surface area contributed by atoms with Crippen LogP contribution < -0.4 is 9.64 Å². The normalized spacial score (nSPS) is 11.7. The molecule has 2 heterocycles. The Morgan fingerprint density at radius 1 is 1.16 bits per heavy atom. The van der Waals surface area contributed by atoms with Gasteiger partial charge in [0.25, 0.3) is 0 Å². The fourth-order valence-corrected chi connectivity index (χ4v) is 4.94. The van der Waals surface area contributed by atoms with Gasteiger partial charge in [0.2, 0.25) is 11.8 Å². The van der Waals surface area contributed by atoms with Crippen molar-refractivity contribution >= 4 is 39.9 Å². The Balaban J connectivity index is 1.64. The van der Waals surface area contributed by atoms with E-state index in [1.54, 1.807) is 30.6 Å². The highest BCUT2D eigenvalue weighted by molar-refractivity contribution is 7.14. The molecule has 0 bridgehead atoms. The Hall–Kier alpha value is -3.82. The molecule has 1 N–H and O–H groups in total. The smallest absolute Gasteiger partial charge is 0.304 e. The van der Waals surface area contributed by atoms with Gasteiger partial charge in [0.15, 0.2) is 10.9 Å². The summed E-state index contributed by atoms with van der Waals surface area (Å²) < 4.78 is 19.3. The molecule has 1 atom stereocenters. The second kappa shape index (κ2) is 11.5. The first-order valence-corrected chi connectivity index (χ1v) is 12.5. The molecule has 0 saturated heterocycles. The summed E-state index contributed by atoms with van der Waals surface area (Å²) in [5.74, 6) is -2.87. The number of carboxylic acid groups (broad SMARTS) is 1. The molecule has 0 aliphatic carbocycles. The first-order chi connectivity index (χ1) is 17.8. The van der Waals surface area contributed by atoms with Crippen molar-refractivity contribution in [1.82, 2.24) is 9.97 Å². The van der Waals surface area contributed by atoms with Gasteiger partial charge in [-0.05, 0) is 35.7 Å². The number of thiazole rings is 1. The summed E-state index contributed by atoms with van der Waals surface area (Å²) in [6.07, 6.45) is 1.49. The quantitative estimate of drug-likeness (QED) is 0.282. The van der Waals surface area contributed by atoms with Crippen molar-refractivity contribution in [3.63, 3.8) is 0 Å². The fourth-order valence-electron chi connectivity index (χ4n) is 3.97. The van der Waals surface area contributed by atoms with Gasteiger partial charge in [-0.3, -0.25) is 14.5 Å². The number of anilines is 1. The van der Waals surface area contributed by atoms with Crippen LogP contribution in [0.5, 0.6) is 5.88 Å². The van der Waals surface area contributed by atoms with Crippen molar-refractivity contribution in [2.45, 2.75) is 12.8 Å². The molecule has 4 rings (SSSR count). The first-order valence-electron chi connectivity index (χ1n) is 11.3. The van der Waals surface area contributed by atoms with Gasteiger partial charge in [-0.25, -0.2) is 14.4 Å². The molecule has 1 amide bonds. The summed E-state index contributed by atoms with van der Waals surface area (Å²) in [4.78, 5) is 34.8. The van der Waals surface area contributed by atoms with Crippen molar-refractivity contribution < 1.29 is 23.8 Å². The number of aromatic nitrogens is 2. The number of amides is 1. The SMILES string of the molecule is COc1ncc(-c2ccc(Cl)cc2-c2csc(N(C)C(=O)[C@@H](CC(=O)O)Cc3ccccc3)n2)cc1F. The maximum Gasteiger partial charge on any atom is 0.304 e. The zero-order valence-corrected chi connectivity index (χ0v) is 21.6. The molecule has 0 aliphatic rings. The third-order valence-electron chi connectivity index (χ3n) is 5.77. The van der Waals surface area contributed by atoms with Gasteiger partial charge >= 0.3 is 5.97 Å². The average Bonchev–Trinajstić information content (AvgIpc) is 3.38. The van der Waals surface area contributed by atoms with Crippen LogP contribution in [0.15, 0.2) is 66.2 Å². The van der Waals surface area contributed by atoms with E-state index in [0.29, 0.717) is 39.0 Å². The standard InChI is InChI=1S/C27H23ClFN3O4S/c1-32(26(35)17(12-24(33)34)10-16-6-4-3-5-7-16)27-31-23(15-37-27)21-13-19(28)8-9-20(21)18-11-22(29)25(36-2)30-14-18/h3-9,11,13-15,17H,10,12H2,1-2H3,(H,33,34)/t17-/m1/s1. The number of aliphatic carboxylic acids is 1. The summed E-state index contributed by atoms with van der Waals surface area (Å²) in [6.45, 7) is 0. The Kier molecular flexibility index (Phi) is 8.15. The second-order valence-corrected chi connectivity index (χ2v) is 9.58. The van der Waals surface area contributed by atoms with Gasteiger partial charge < -0.3 is 9.84 Å². The highest BCUT2D eigenvalue weighted by Gasteiger charge is 2.27.